The second kappa shape index (κ2) is 5.98. The Morgan fingerprint density at radius 3 is 2.91 bits per heavy atom. The molecule has 2 heterocycles. The van der Waals surface area contributed by atoms with Gasteiger partial charge in [-0.1, -0.05) is 11.8 Å². The summed E-state index contributed by atoms with van der Waals surface area (Å²) < 4.78 is 18.4. The topological polar surface area (TPSA) is 144 Å². The predicted molar refractivity (Wildman–Crippen MR) is 71.0 cm³/mol. The molecule has 1 unspecified atom stereocenters. The van der Waals surface area contributed by atoms with E-state index in [-0.39, 0.29) is 5.95 Å². The number of ether oxygens (including phenoxy) is 1. The van der Waals surface area contributed by atoms with E-state index in [1.807, 2.05) is 5.92 Å². The number of hydrogen-bond donors (Lipinski definition) is 4. The lowest BCUT2D eigenvalue weighted by Crippen LogP contribution is -2.48. The highest BCUT2D eigenvalue weighted by Gasteiger charge is 2.57. The van der Waals surface area contributed by atoms with Crippen LogP contribution in [0.2, 0.25) is 0 Å². The summed E-state index contributed by atoms with van der Waals surface area (Å²) in [4.78, 5) is 18.8. The minimum Gasteiger partial charge on any atom is -0.391 e. The van der Waals surface area contributed by atoms with Gasteiger partial charge in [0, 0.05) is 0 Å². The standard InChI is InChI=1S/C12H15FN4O5/c1-6(18)7-8(19)12(21,3-2-4-13)9(22-7)17-5-15-10(14)16-11(17)20/h5-9,18-19,21H,4H2,1H3,(H2,14,16,20)/t6-,7+,8-,9+,12?/m0/s1. The van der Waals surface area contributed by atoms with E-state index in [0.29, 0.717) is 0 Å². The maximum absolute atomic E-state index is 12.3. The summed E-state index contributed by atoms with van der Waals surface area (Å²) in [5.41, 5.74) is 2.04. The first-order valence-electron chi connectivity index (χ1n) is 6.32. The van der Waals surface area contributed by atoms with E-state index in [4.69, 9.17) is 10.5 Å². The van der Waals surface area contributed by atoms with Crippen LogP contribution in [0.3, 0.4) is 0 Å². The van der Waals surface area contributed by atoms with Crippen molar-refractivity contribution in [3.8, 4) is 11.8 Å². The molecule has 5 atom stereocenters. The van der Waals surface area contributed by atoms with Crippen molar-refractivity contribution in [2.75, 3.05) is 12.4 Å². The molecular weight excluding hydrogens is 299 g/mol. The molecular formula is C12H15FN4O5. The molecule has 1 aliphatic heterocycles. The number of aliphatic hydroxyl groups is 3. The fourth-order valence-electron chi connectivity index (χ4n) is 2.21. The van der Waals surface area contributed by atoms with Crippen LogP contribution in [0.5, 0.6) is 0 Å². The molecule has 0 aromatic carbocycles. The summed E-state index contributed by atoms with van der Waals surface area (Å²) in [6, 6.07) is 0. The zero-order valence-corrected chi connectivity index (χ0v) is 11.5. The van der Waals surface area contributed by atoms with Gasteiger partial charge in [-0.2, -0.15) is 4.98 Å². The Balaban J connectivity index is 2.53. The van der Waals surface area contributed by atoms with Crippen LogP contribution in [0, 0.1) is 11.8 Å². The fourth-order valence-corrected chi connectivity index (χ4v) is 2.21. The summed E-state index contributed by atoms with van der Waals surface area (Å²) in [5.74, 6) is 3.83. The van der Waals surface area contributed by atoms with Gasteiger partial charge in [0.05, 0.1) is 6.10 Å². The van der Waals surface area contributed by atoms with Gasteiger partial charge in [0.2, 0.25) is 5.95 Å². The van der Waals surface area contributed by atoms with Crippen LogP contribution in [0.25, 0.3) is 0 Å². The van der Waals surface area contributed by atoms with Crippen LogP contribution in [-0.4, -0.2) is 60.4 Å². The average molecular weight is 314 g/mol. The lowest BCUT2D eigenvalue weighted by Gasteiger charge is -2.26. The minimum atomic E-state index is -2.32. The number of nitrogens with zero attached hydrogens (tertiary/aromatic N) is 3. The van der Waals surface area contributed by atoms with E-state index in [0.717, 1.165) is 10.9 Å². The lowest BCUT2D eigenvalue weighted by atomic mass is 9.93. The number of aliphatic hydroxyl groups excluding tert-OH is 2. The molecule has 1 fully saturated rings. The quantitative estimate of drug-likeness (QED) is 0.441. The van der Waals surface area contributed by atoms with Crippen LogP contribution in [0.4, 0.5) is 10.3 Å². The number of hydrogen-bond acceptors (Lipinski definition) is 8. The molecule has 2 rings (SSSR count). The second-order valence-electron chi connectivity index (χ2n) is 4.80. The number of aromatic nitrogens is 3. The maximum Gasteiger partial charge on any atom is 0.354 e. The van der Waals surface area contributed by atoms with Crippen molar-refractivity contribution in [1.82, 2.24) is 14.5 Å². The average Bonchev–Trinajstić information content (AvgIpc) is 2.70. The number of alkyl halides is 1. The molecule has 1 aromatic heterocycles. The second-order valence-corrected chi connectivity index (χ2v) is 4.80. The van der Waals surface area contributed by atoms with Crippen molar-refractivity contribution in [3.63, 3.8) is 0 Å². The smallest absolute Gasteiger partial charge is 0.354 e. The molecule has 5 N–H and O–H groups in total. The predicted octanol–water partition coefficient (Wildman–Crippen LogP) is -2.44. The fraction of sp³-hybridized carbons (Fsp3) is 0.583. The maximum atomic E-state index is 12.3. The number of rotatable bonds is 2. The summed E-state index contributed by atoms with van der Waals surface area (Å²) >= 11 is 0. The highest BCUT2D eigenvalue weighted by Crippen LogP contribution is 2.38. The van der Waals surface area contributed by atoms with Gasteiger partial charge in [-0.15, -0.1) is 0 Å². The number of halogens is 1. The van der Waals surface area contributed by atoms with E-state index >= 15 is 0 Å². The molecule has 120 valence electrons. The normalized spacial score (nSPS) is 32.3. The van der Waals surface area contributed by atoms with Gasteiger partial charge < -0.3 is 25.8 Å². The Hall–Kier alpha value is -2.06. The van der Waals surface area contributed by atoms with E-state index in [1.165, 1.54) is 6.92 Å². The first-order valence-corrected chi connectivity index (χ1v) is 6.32. The Morgan fingerprint density at radius 1 is 1.68 bits per heavy atom. The van der Waals surface area contributed by atoms with Crippen molar-refractivity contribution in [2.45, 2.75) is 37.1 Å². The van der Waals surface area contributed by atoms with E-state index in [1.54, 1.807) is 0 Å². The van der Waals surface area contributed by atoms with Crippen molar-refractivity contribution in [3.05, 3.63) is 16.8 Å². The zero-order chi connectivity index (χ0) is 16.5. The molecule has 22 heavy (non-hydrogen) atoms. The van der Waals surface area contributed by atoms with Crippen LogP contribution in [-0.2, 0) is 4.74 Å². The molecule has 0 radical (unpaired) electrons. The monoisotopic (exact) mass is 314 g/mol. The summed E-state index contributed by atoms with van der Waals surface area (Å²) in [6.07, 6.45) is -4.68. The number of nitrogen functional groups attached to an aromatic ring is 1. The molecule has 0 spiro atoms. The highest BCUT2D eigenvalue weighted by molar-refractivity contribution is 5.23. The molecule has 0 amide bonds. The molecule has 0 saturated carbocycles. The van der Waals surface area contributed by atoms with Crippen LogP contribution >= 0.6 is 0 Å². The van der Waals surface area contributed by atoms with Gasteiger partial charge in [0.15, 0.2) is 11.8 Å². The molecule has 1 saturated heterocycles. The first kappa shape index (κ1) is 16.3. The summed E-state index contributed by atoms with van der Waals surface area (Å²) in [6.45, 7) is 0.246. The highest BCUT2D eigenvalue weighted by atomic mass is 19.1. The Morgan fingerprint density at radius 2 is 2.36 bits per heavy atom. The van der Waals surface area contributed by atoms with Crippen LogP contribution < -0.4 is 11.4 Å². The van der Waals surface area contributed by atoms with E-state index in [9.17, 15) is 24.5 Å². The third-order valence-corrected chi connectivity index (χ3v) is 3.25. The minimum absolute atomic E-state index is 0.287. The van der Waals surface area contributed by atoms with Crippen molar-refractivity contribution in [2.24, 2.45) is 0 Å². The number of anilines is 1. The Labute approximate surface area is 124 Å². The molecule has 1 aliphatic rings. The Kier molecular flexibility index (Phi) is 4.43. The zero-order valence-electron chi connectivity index (χ0n) is 11.5. The first-order chi connectivity index (χ1) is 10.3. The van der Waals surface area contributed by atoms with Gasteiger partial charge in [0.25, 0.3) is 0 Å². The van der Waals surface area contributed by atoms with Crippen LogP contribution in [0.1, 0.15) is 13.2 Å². The summed E-state index contributed by atoms with van der Waals surface area (Å²) in [5, 5.41) is 30.3. The Bertz CT molecular complexity index is 669. The van der Waals surface area contributed by atoms with E-state index in [2.05, 4.69) is 15.9 Å². The molecule has 0 bridgehead atoms. The van der Waals surface area contributed by atoms with Gasteiger partial charge in [-0.3, -0.25) is 4.57 Å². The van der Waals surface area contributed by atoms with Crippen LogP contribution in [0.15, 0.2) is 11.1 Å². The van der Waals surface area contributed by atoms with Crippen molar-refractivity contribution < 1.29 is 24.4 Å². The van der Waals surface area contributed by atoms with Crippen molar-refractivity contribution in [1.29, 1.82) is 0 Å². The van der Waals surface area contributed by atoms with E-state index < -0.39 is 42.5 Å². The van der Waals surface area contributed by atoms with Crippen molar-refractivity contribution >= 4 is 5.95 Å². The SMILES string of the molecule is C[C@H](O)[C@H]1O[C@@H](n2cnc(N)nc2=O)C(O)(C#CCF)[C@H]1O. The molecule has 0 aliphatic carbocycles. The third-order valence-electron chi connectivity index (χ3n) is 3.25. The molecule has 9 nitrogen and oxygen atoms in total. The number of nitrogens with two attached hydrogens (primary N) is 1. The molecule has 10 heteroatoms. The lowest BCUT2D eigenvalue weighted by molar-refractivity contribution is -0.0888. The summed E-state index contributed by atoms with van der Waals surface area (Å²) in [7, 11) is 0. The van der Waals surface area contributed by atoms with Gasteiger partial charge in [0.1, 0.15) is 25.2 Å². The largest absolute Gasteiger partial charge is 0.391 e. The molecule has 1 aromatic rings. The third kappa shape index (κ3) is 2.67. The van der Waals surface area contributed by atoms with Gasteiger partial charge in [-0.25, -0.2) is 14.2 Å². The van der Waals surface area contributed by atoms with Gasteiger partial charge >= 0.3 is 5.69 Å². The van der Waals surface area contributed by atoms with Gasteiger partial charge in [-0.05, 0) is 6.92 Å².